The molecule has 148 valence electrons. The Balaban J connectivity index is 1.59. The number of nitrogens with one attached hydrogen (secondary N) is 1. The first-order valence-corrected chi connectivity index (χ1v) is 10.5. The number of hydrogen-bond acceptors (Lipinski definition) is 5. The monoisotopic (exact) mass is 391 g/mol. The van der Waals surface area contributed by atoms with Crippen molar-refractivity contribution in [3.05, 3.63) is 15.8 Å². The van der Waals surface area contributed by atoms with Gasteiger partial charge in [0.15, 0.2) is 0 Å². The van der Waals surface area contributed by atoms with Crippen LogP contribution in [0.3, 0.4) is 0 Å². The van der Waals surface area contributed by atoms with Crippen molar-refractivity contribution in [2.24, 2.45) is 5.41 Å². The third-order valence-corrected chi connectivity index (χ3v) is 5.83. The van der Waals surface area contributed by atoms with Crippen molar-refractivity contribution < 1.29 is 19.4 Å². The van der Waals surface area contributed by atoms with Crippen LogP contribution >= 0.6 is 11.3 Å². The van der Waals surface area contributed by atoms with E-state index in [4.69, 9.17) is 9.47 Å². The molecule has 2 N–H and O–H groups in total. The van der Waals surface area contributed by atoms with Gasteiger partial charge in [-0.25, -0.2) is 4.79 Å². The Hall–Kier alpha value is -1.55. The number of carbonyl (C=O) groups is 1. The lowest BCUT2D eigenvalue weighted by atomic mass is 9.92. The lowest BCUT2D eigenvalue weighted by Gasteiger charge is -2.31. The summed E-state index contributed by atoms with van der Waals surface area (Å²) in [6.07, 6.45) is 5.50. The summed E-state index contributed by atoms with van der Waals surface area (Å²) in [6.45, 7) is 7.65. The summed E-state index contributed by atoms with van der Waals surface area (Å²) in [6, 6.07) is 2.16. The molecule has 2 heterocycles. The highest BCUT2D eigenvalue weighted by Gasteiger charge is 2.27. The van der Waals surface area contributed by atoms with Crippen LogP contribution in [0.2, 0.25) is 0 Å². The number of aromatic carboxylic acids is 1. The maximum atomic E-state index is 11.6. The summed E-state index contributed by atoms with van der Waals surface area (Å²) in [7, 11) is 0. The number of thiophene rings is 1. The van der Waals surface area contributed by atoms with E-state index < -0.39 is 5.97 Å². The Morgan fingerprint density at radius 3 is 2.59 bits per heavy atom. The fraction of sp³-hybridized carbons (Fsp3) is 0.667. The van der Waals surface area contributed by atoms with E-state index in [0.29, 0.717) is 23.3 Å². The van der Waals surface area contributed by atoms with Crippen molar-refractivity contribution in [1.82, 2.24) is 0 Å². The highest BCUT2D eigenvalue weighted by molar-refractivity contribution is 7.15. The van der Waals surface area contributed by atoms with Gasteiger partial charge >= 0.3 is 5.97 Å². The molecule has 1 aliphatic carbocycles. The van der Waals surface area contributed by atoms with Crippen LogP contribution in [0.4, 0.5) is 5.69 Å². The fourth-order valence-electron chi connectivity index (χ4n) is 3.42. The molecule has 1 atom stereocenters. The van der Waals surface area contributed by atoms with Crippen molar-refractivity contribution in [3.8, 4) is 11.8 Å². The van der Waals surface area contributed by atoms with Crippen LogP contribution in [0.1, 0.15) is 67.4 Å². The van der Waals surface area contributed by atoms with E-state index in [1.807, 2.05) is 26.8 Å². The molecule has 0 radical (unpaired) electrons. The van der Waals surface area contributed by atoms with Crippen molar-refractivity contribution >= 4 is 23.0 Å². The van der Waals surface area contributed by atoms with Gasteiger partial charge in [0.05, 0.1) is 29.4 Å². The van der Waals surface area contributed by atoms with E-state index in [-0.39, 0.29) is 17.6 Å². The van der Waals surface area contributed by atoms with Gasteiger partial charge in [0.1, 0.15) is 4.88 Å². The fourth-order valence-corrected chi connectivity index (χ4v) is 4.24. The maximum absolute atomic E-state index is 11.6. The Kier molecular flexibility index (Phi) is 6.46. The predicted octanol–water partition coefficient (Wildman–Crippen LogP) is 4.37. The Morgan fingerprint density at radius 2 is 2.00 bits per heavy atom. The molecule has 0 spiro atoms. The number of carboxylic acid groups (broad SMARTS) is 1. The van der Waals surface area contributed by atoms with E-state index in [2.05, 4.69) is 17.2 Å². The lowest BCUT2D eigenvalue weighted by molar-refractivity contribution is -0.0331. The van der Waals surface area contributed by atoms with E-state index in [1.54, 1.807) is 0 Å². The van der Waals surface area contributed by atoms with Crippen LogP contribution in [0.15, 0.2) is 6.07 Å². The molecule has 5 nitrogen and oxygen atoms in total. The molecule has 6 heteroatoms. The van der Waals surface area contributed by atoms with Gasteiger partial charge in [0, 0.05) is 18.1 Å². The molecule has 1 aromatic rings. The SMILES string of the molecule is CC(C)(C)C#Cc1cc(N[C@H]2CC[C@H](O[C@@H]3CCOC3)CC2)c(C(=O)O)s1. The predicted molar refractivity (Wildman–Crippen MR) is 108 cm³/mol. The van der Waals surface area contributed by atoms with Crippen molar-refractivity contribution in [3.63, 3.8) is 0 Å². The van der Waals surface area contributed by atoms with Crippen LogP contribution in [-0.4, -0.2) is 42.5 Å². The Labute approximate surface area is 165 Å². The first-order valence-electron chi connectivity index (χ1n) is 9.70. The zero-order valence-corrected chi connectivity index (χ0v) is 17.2. The van der Waals surface area contributed by atoms with Gasteiger partial charge in [-0.15, -0.1) is 11.3 Å². The minimum absolute atomic E-state index is 0.107. The molecule has 3 rings (SSSR count). The van der Waals surface area contributed by atoms with Gasteiger partial charge in [0.2, 0.25) is 0 Å². The number of hydrogen-bond donors (Lipinski definition) is 2. The number of carboxylic acids is 1. The van der Waals surface area contributed by atoms with Crippen LogP contribution < -0.4 is 5.32 Å². The van der Waals surface area contributed by atoms with Gasteiger partial charge < -0.3 is 19.9 Å². The van der Waals surface area contributed by atoms with Gasteiger partial charge in [0.25, 0.3) is 0 Å². The first-order chi connectivity index (χ1) is 12.8. The largest absolute Gasteiger partial charge is 0.477 e. The highest BCUT2D eigenvalue weighted by Crippen LogP contribution is 2.31. The number of anilines is 1. The standard InChI is InChI=1S/C21H29NO4S/c1-21(2,3)10-8-17-12-18(19(27-17)20(23)24)22-14-4-6-15(7-5-14)26-16-9-11-25-13-16/h12,14-16,22H,4-7,9,11,13H2,1-3H3,(H,23,24)/t14-,15-,16-/m1/s1. The molecular weight excluding hydrogens is 362 g/mol. The van der Waals surface area contributed by atoms with E-state index in [0.717, 1.165) is 43.6 Å². The average Bonchev–Trinajstić information content (AvgIpc) is 3.24. The van der Waals surface area contributed by atoms with Crippen LogP contribution in [0.5, 0.6) is 0 Å². The second-order valence-electron chi connectivity index (χ2n) is 8.40. The summed E-state index contributed by atoms with van der Waals surface area (Å²) < 4.78 is 11.5. The molecule has 0 unspecified atom stereocenters. The molecule has 1 saturated carbocycles. The van der Waals surface area contributed by atoms with Crippen LogP contribution in [0.25, 0.3) is 0 Å². The van der Waals surface area contributed by atoms with Crippen molar-refractivity contribution in [1.29, 1.82) is 0 Å². The molecule has 2 fully saturated rings. The quantitative estimate of drug-likeness (QED) is 0.730. The van der Waals surface area contributed by atoms with Gasteiger partial charge in [-0.2, -0.15) is 0 Å². The molecule has 27 heavy (non-hydrogen) atoms. The lowest BCUT2D eigenvalue weighted by Crippen LogP contribution is -2.32. The Bertz CT molecular complexity index is 711. The Morgan fingerprint density at radius 1 is 1.26 bits per heavy atom. The molecular formula is C21H29NO4S. The smallest absolute Gasteiger partial charge is 0.348 e. The molecule has 0 aromatic carbocycles. The molecule has 2 aliphatic rings. The maximum Gasteiger partial charge on any atom is 0.348 e. The van der Waals surface area contributed by atoms with Crippen LogP contribution in [0, 0.1) is 17.3 Å². The van der Waals surface area contributed by atoms with E-state index in [1.165, 1.54) is 11.3 Å². The summed E-state index contributed by atoms with van der Waals surface area (Å²) in [5.41, 5.74) is 0.586. The second kappa shape index (κ2) is 8.64. The van der Waals surface area contributed by atoms with Crippen LogP contribution in [-0.2, 0) is 9.47 Å². The van der Waals surface area contributed by atoms with Crippen molar-refractivity contribution in [2.75, 3.05) is 18.5 Å². The first kappa shape index (κ1) is 20.2. The minimum atomic E-state index is -0.899. The molecule has 0 amide bonds. The number of rotatable bonds is 5. The second-order valence-corrected chi connectivity index (χ2v) is 9.45. The summed E-state index contributed by atoms with van der Waals surface area (Å²) >= 11 is 1.24. The topological polar surface area (TPSA) is 67.8 Å². The van der Waals surface area contributed by atoms with Gasteiger partial charge in [-0.3, -0.25) is 0 Å². The minimum Gasteiger partial charge on any atom is -0.477 e. The molecule has 1 aromatic heterocycles. The molecule has 1 aliphatic heterocycles. The zero-order chi connectivity index (χ0) is 19.4. The third kappa shape index (κ3) is 5.97. The van der Waals surface area contributed by atoms with E-state index in [9.17, 15) is 9.90 Å². The summed E-state index contributed by atoms with van der Waals surface area (Å²) in [5, 5.41) is 13.0. The third-order valence-electron chi connectivity index (χ3n) is 4.79. The number of ether oxygens (including phenoxy) is 2. The van der Waals surface area contributed by atoms with Crippen molar-refractivity contribution in [2.45, 2.75) is 71.1 Å². The molecule has 1 saturated heterocycles. The summed E-state index contributed by atoms with van der Waals surface area (Å²) in [4.78, 5) is 12.8. The van der Waals surface area contributed by atoms with E-state index >= 15 is 0 Å². The average molecular weight is 392 g/mol. The zero-order valence-electron chi connectivity index (χ0n) is 16.3. The van der Waals surface area contributed by atoms with Gasteiger partial charge in [-0.1, -0.05) is 11.8 Å². The molecule has 0 bridgehead atoms. The summed E-state index contributed by atoms with van der Waals surface area (Å²) in [5.74, 6) is 5.39. The highest BCUT2D eigenvalue weighted by atomic mass is 32.1. The normalized spacial score (nSPS) is 25.7. The van der Waals surface area contributed by atoms with Gasteiger partial charge in [-0.05, 0) is 58.9 Å².